The summed E-state index contributed by atoms with van der Waals surface area (Å²) in [5.74, 6) is -2.81. The molecule has 0 bridgehead atoms. The normalized spacial score (nSPS) is 11.5. The molecule has 0 saturated carbocycles. The molecule has 1 aromatic carbocycles. The van der Waals surface area contributed by atoms with Gasteiger partial charge in [-0.05, 0) is 25.1 Å². The lowest BCUT2D eigenvalue weighted by Gasteiger charge is -2.14. The summed E-state index contributed by atoms with van der Waals surface area (Å²) in [7, 11) is 0. The number of amides is 2. The van der Waals surface area contributed by atoms with Crippen LogP contribution in [0.3, 0.4) is 0 Å². The highest BCUT2D eigenvalue weighted by molar-refractivity contribution is 5.98. The molecule has 0 saturated heterocycles. The first kappa shape index (κ1) is 15.6. The third kappa shape index (κ3) is 4.68. The molecule has 0 aliphatic carbocycles. The van der Waals surface area contributed by atoms with Crippen molar-refractivity contribution in [3.63, 3.8) is 0 Å². The van der Waals surface area contributed by atoms with Crippen molar-refractivity contribution in [2.45, 2.75) is 19.4 Å². The monoisotopic (exact) mass is 282 g/mol. The van der Waals surface area contributed by atoms with Crippen molar-refractivity contribution in [3.8, 4) is 0 Å². The Balaban J connectivity index is 2.73. The minimum atomic E-state index is -1.20. The number of primary amides is 1. The van der Waals surface area contributed by atoms with Crippen LogP contribution in [0.25, 0.3) is 0 Å². The molecule has 7 heteroatoms. The molecule has 0 unspecified atom stereocenters. The molecular formula is C13H15FN2O4. The van der Waals surface area contributed by atoms with E-state index in [1.54, 1.807) is 6.92 Å². The first-order valence-corrected chi connectivity index (χ1v) is 5.95. The Morgan fingerprint density at radius 3 is 2.65 bits per heavy atom. The predicted octanol–water partition coefficient (Wildman–Crippen LogP) is 0.363. The van der Waals surface area contributed by atoms with Crippen LogP contribution in [0.2, 0.25) is 0 Å². The van der Waals surface area contributed by atoms with Crippen LogP contribution in [-0.2, 0) is 14.3 Å². The van der Waals surface area contributed by atoms with E-state index in [9.17, 15) is 18.8 Å². The van der Waals surface area contributed by atoms with Crippen molar-refractivity contribution >= 4 is 17.8 Å². The van der Waals surface area contributed by atoms with Crippen LogP contribution in [0.4, 0.5) is 4.39 Å². The average molecular weight is 282 g/mol. The Kier molecular flexibility index (Phi) is 5.64. The first-order chi connectivity index (χ1) is 9.43. The van der Waals surface area contributed by atoms with Gasteiger partial charge in [-0.25, -0.2) is 4.39 Å². The van der Waals surface area contributed by atoms with Gasteiger partial charge in [0, 0.05) is 5.56 Å². The molecule has 0 spiro atoms. The van der Waals surface area contributed by atoms with Gasteiger partial charge < -0.3 is 15.8 Å². The van der Waals surface area contributed by atoms with Gasteiger partial charge in [0.1, 0.15) is 11.9 Å². The topological polar surface area (TPSA) is 98.5 Å². The Labute approximate surface area is 115 Å². The molecule has 0 aliphatic heterocycles. The number of rotatable bonds is 6. The second-order valence-electron chi connectivity index (χ2n) is 3.95. The Morgan fingerprint density at radius 2 is 2.10 bits per heavy atom. The maximum absolute atomic E-state index is 13.0. The number of hydrogen-bond acceptors (Lipinski definition) is 4. The predicted molar refractivity (Wildman–Crippen MR) is 68.1 cm³/mol. The lowest BCUT2D eigenvalue weighted by Crippen LogP contribution is -2.45. The van der Waals surface area contributed by atoms with E-state index in [0.29, 0.717) is 0 Å². The number of esters is 1. The number of ether oxygens (including phenoxy) is 1. The summed E-state index contributed by atoms with van der Waals surface area (Å²) in [4.78, 5) is 34.3. The summed E-state index contributed by atoms with van der Waals surface area (Å²) >= 11 is 0. The molecule has 0 radical (unpaired) electrons. The summed E-state index contributed by atoms with van der Waals surface area (Å²) in [6.07, 6.45) is -0.371. The van der Waals surface area contributed by atoms with Gasteiger partial charge in [-0.3, -0.25) is 14.4 Å². The van der Waals surface area contributed by atoms with Gasteiger partial charge in [-0.15, -0.1) is 0 Å². The van der Waals surface area contributed by atoms with E-state index in [-0.39, 0.29) is 18.6 Å². The summed E-state index contributed by atoms with van der Waals surface area (Å²) in [6.45, 7) is 1.77. The lowest BCUT2D eigenvalue weighted by atomic mass is 10.1. The van der Waals surface area contributed by atoms with Crippen molar-refractivity contribution < 1.29 is 23.5 Å². The Hall–Kier alpha value is -2.44. The molecule has 20 heavy (non-hydrogen) atoms. The van der Waals surface area contributed by atoms with Gasteiger partial charge in [0.2, 0.25) is 5.91 Å². The number of nitrogens with two attached hydrogens (primary N) is 1. The van der Waals surface area contributed by atoms with Crippen molar-refractivity contribution in [1.29, 1.82) is 0 Å². The fraction of sp³-hybridized carbons (Fsp3) is 0.308. The lowest BCUT2D eigenvalue weighted by molar-refractivity contribution is -0.145. The molecule has 3 N–H and O–H groups in total. The number of carbonyl (C=O) groups excluding carboxylic acids is 3. The van der Waals surface area contributed by atoms with Gasteiger partial charge in [-0.2, -0.15) is 0 Å². The molecule has 0 aromatic heterocycles. The molecule has 108 valence electrons. The van der Waals surface area contributed by atoms with Crippen LogP contribution in [0.1, 0.15) is 23.7 Å². The quantitative estimate of drug-likeness (QED) is 0.736. The zero-order valence-corrected chi connectivity index (χ0v) is 10.9. The number of nitrogens with one attached hydrogen (secondary N) is 1. The van der Waals surface area contributed by atoms with Gasteiger partial charge in [-0.1, -0.05) is 6.07 Å². The summed E-state index contributed by atoms with van der Waals surface area (Å²) in [5, 5.41) is 2.27. The fourth-order valence-corrected chi connectivity index (χ4v) is 1.48. The maximum atomic E-state index is 13.0. The highest BCUT2D eigenvalue weighted by Crippen LogP contribution is 2.04. The first-order valence-electron chi connectivity index (χ1n) is 5.95. The van der Waals surface area contributed by atoms with E-state index in [1.165, 1.54) is 18.2 Å². The van der Waals surface area contributed by atoms with Crippen LogP contribution < -0.4 is 11.1 Å². The summed E-state index contributed by atoms with van der Waals surface area (Å²) < 4.78 is 17.7. The minimum Gasteiger partial charge on any atom is -0.466 e. The molecule has 0 aliphatic rings. The van der Waals surface area contributed by atoms with Gasteiger partial charge in [0.05, 0.1) is 13.0 Å². The molecule has 1 rings (SSSR count). The third-order valence-electron chi connectivity index (χ3n) is 2.41. The number of carbonyl (C=O) groups is 3. The molecular weight excluding hydrogens is 267 g/mol. The Bertz CT molecular complexity index is 519. The van der Waals surface area contributed by atoms with Crippen LogP contribution >= 0.6 is 0 Å². The van der Waals surface area contributed by atoms with E-state index in [1.807, 2.05) is 0 Å². The zero-order valence-electron chi connectivity index (χ0n) is 10.9. The molecule has 2 amide bonds. The van der Waals surface area contributed by atoms with Crippen molar-refractivity contribution in [3.05, 3.63) is 35.6 Å². The third-order valence-corrected chi connectivity index (χ3v) is 2.41. The highest BCUT2D eigenvalue weighted by Gasteiger charge is 2.23. The number of halogens is 1. The second-order valence-corrected chi connectivity index (χ2v) is 3.95. The Morgan fingerprint density at radius 1 is 1.40 bits per heavy atom. The maximum Gasteiger partial charge on any atom is 0.308 e. The van der Waals surface area contributed by atoms with Crippen molar-refractivity contribution in [2.24, 2.45) is 5.73 Å². The largest absolute Gasteiger partial charge is 0.466 e. The van der Waals surface area contributed by atoms with Crippen LogP contribution in [0.15, 0.2) is 24.3 Å². The van der Waals surface area contributed by atoms with Crippen LogP contribution in [-0.4, -0.2) is 30.4 Å². The van der Waals surface area contributed by atoms with Gasteiger partial charge in [0.25, 0.3) is 5.91 Å². The molecule has 0 fully saturated rings. The SMILES string of the molecule is CCOC(=O)C[C@H](NC(=O)c1cccc(F)c1)C(N)=O. The number of benzene rings is 1. The smallest absolute Gasteiger partial charge is 0.308 e. The van der Waals surface area contributed by atoms with Crippen LogP contribution in [0, 0.1) is 5.82 Å². The van der Waals surface area contributed by atoms with E-state index < -0.39 is 29.6 Å². The summed E-state index contributed by atoms with van der Waals surface area (Å²) in [6, 6.07) is 3.72. The van der Waals surface area contributed by atoms with Crippen molar-refractivity contribution in [1.82, 2.24) is 5.32 Å². The van der Waals surface area contributed by atoms with E-state index in [2.05, 4.69) is 10.1 Å². The molecule has 0 heterocycles. The van der Waals surface area contributed by atoms with Gasteiger partial charge >= 0.3 is 5.97 Å². The molecule has 1 aromatic rings. The van der Waals surface area contributed by atoms with E-state index in [0.717, 1.165) is 6.07 Å². The highest BCUT2D eigenvalue weighted by atomic mass is 19.1. The second kappa shape index (κ2) is 7.22. The van der Waals surface area contributed by atoms with Crippen LogP contribution in [0.5, 0.6) is 0 Å². The van der Waals surface area contributed by atoms with E-state index in [4.69, 9.17) is 5.73 Å². The standard InChI is InChI=1S/C13H15FN2O4/c1-2-20-11(17)7-10(12(15)18)16-13(19)8-4-3-5-9(14)6-8/h3-6,10H,2,7H2,1H3,(H2,15,18)(H,16,19)/t10-/m0/s1. The summed E-state index contributed by atoms with van der Waals surface area (Å²) in [5.41, 5.74) is 5.13. The average Bonchev–Trinajstić information content (AvgIpc) is 2.38. The fourth-order valence-electron chi connectivity index (χ4n) is 1.48. The van der Waals surface area contributed by atoms with E-state index >= 15 is 0 Å². The zero-order chi connectivity index (χ0) is 15.1. The number of hydrogen-bond donors (Lipinski definition) is 2. The van der Waals surface area contributed by atoms with Gasteiger partial charge in [0.15, 0.2) is 0 Å². The molecule has 6 nitrogen and oxygen atoms in total. The van der Waals surface area contributed by atoms with Crippen molar-refractivity contribution in [2.75, 3.05) is 6.61 Å². The minimum absolute atomic E-state index is 0.0279. The molecule has 1 atom stereocenters.